The van der Waals surface area contributed by atoms with Crippen LogP contribution in [0, 0.1) is 9.49 Å². The van der Waals surface area contributed by atoms with Crippen LogP contribution in [0.4, 0.5) is 5.95 Å². The van der Waals surface area contributed by atoms with E-state index in [1.165, 1.54) is 19.3 Å². The van der Waals surface area contributed by atoms with Crippen LogP contribution in [0.25, 0.3) is 0 Å². The topological polar surface area (TPSA) is 37.8 Å². The molecule has 1 aliphatic rings. The lowest BCUT2D eigenvalue weighted by Crippen LogP contribution is -2.16. The van der Waals surface area contributed by atoms with Crippen LogP contribution in [0.15, 0.2) is 24.5 Å². The molecule has 80 valence electrons. The van der Waals surface area contributed by atoms with Gasteiger partial charge in [0.25, 0.3) is 0 Å². The number of allylic oxidation sites excluding steroid dienone is 2. The van der Waals surface area contributed by atoms with E-state index >= 15 is 0 Å². The highest BCUT2D eigenvalue weighted by Gasteiger charge is 2.09. The molecule has 3 nitrogen and oxygen atoms in total. The zero-order valence-corrected chi connectivity index (χ0v) is 10.6. The Hall–Kier alpha value is -0.650. The first-order chi connectivity index (χ1) is 7.34. The van der Waals surface area contributed by atoms with Crippen molar-refractivity contribution >= 4 is 28.5 Å². The summed E-state index contributed by atoms with van der Waals surface area (Å²) in [5.41, 5.74) is 0. The fraction of sp³-hybridized carbons (Fsp3) is 0.455. The van der Waals surface area contributed by atoms with Crippen molar-refractivity contribution in [2.24, 2.45) is 5.92 Å². The first-order valence-corrected chi connectivity index (χ1v) is 6.29. The van der Waals surface area contributed by atoms with Gasteiger partial charge in [-0.15, -0.1) is 0 Å². The number of nitrogens with one attached hydrogen (secondary N) is 1. The largest absolute Gasteiger partial charge is 0.354 e. The molecule has 1 aliphatic carbocycles. The molecule has 1 aromatic rings. The van der Waals surface area contributed by atoms with E-state index in [0.29, 0.717) is 0 Å². The van der Waals surface area contributed by atoms with E-state index in [1.807, 2.05) is 12.4 Å². The fourth-order valence-electron chi connectivity index (χ4n) is 1.68. The third-order valence-corrected chi connectivity index (χ3v) is 3.10. The zero-order valence-electron chi connectivity index (χ0n) is 8.49. The minimum atomic E-state index is 0.734. The standard InChI is InChI=1S/C11H14IN3/c12-10-7-14-11(15-8-10)13-6-9-4-2-1-3-5-9/h1-2,7-9H,3-6H2,(H,13,14,15). The average molecular weight is 315 g/mol. The van der Waals surface area contributed by atoms with Gasteiger partial charge in [-0.25, -0.2) is 9.97 Å². The Bertz CT molecular complexity index is 334. The van der Waals surface area contributed by atoms with Crippen molar-refractivity contribution in [1.29, 1.82) is 0 Å². The monoisotopic (exact) mass is 315 g/mol. The average Bonchev–Trinajstić information content (AvgIpc) is 2.30. The van der Waals surface area contributed by atoms with Crippen molar-refractivity contribution in [2.45, 2.75) is 19.3 Å². The quantitative estimate of drug-likeness (QED) is 0.688. The van der Waals surface area contributed by atoms with E-state index in [0.717, 1.165) is 22.0 Å². The molecule has 1 heterocycles. The smallest absolute Gasteiger partial charge is 0.222 e. The Morgan fingerprint density at radius 3 is 2.80 bits per heavy atom. The zero-order chi connectivity index (χ0) is 10.5. The Morgan fingerprint density at radius 1 is 1.33 bits per heavy atom. The molecule has 15 heavy (non-hydrogen) atoms. The van der Waals surface area contributed by atoms with Crippen molar-refractivity contribution in [3.8, 4) is 0 Å². The lowest BCUT2D eigenvalue weighted by Gasteiger charge is -2.17. The van der Waals surface area contributed by atoms with E-state index in [-0.39, 0.29) is 0 Å². The van der Waals surface area contributed by atoms with Gasteiger partial charge in [0.1, 0.15) is 0 Å². The maximum Gasteiger partial charge on any atom is 0.222 e. The summed E-state index contributed by atoms with van der Waals surface area (Å²) in [5.74, 6) is 1.47. The molecular weight excluding hydrogens is 301 g/mol. The van der Waals surface area contributed by atoms with E-state index in [2.05, 4.69) is 50.0 Å². The van der Waals surface area contributed by atoms with Crippen molar-refractivity contribution in [2.75, 3.05) is 11.9 Å². The van der Waals surface area contributed by atoms with Crippen LogP contribution >= 0.6 is 22.6 Å². The minimum absolute atomic E-state index is 0.734. The van der Waals surface area contributed by atoms with Gasteiger partial charge in [0.15, 0.2) is 0 Å². The molecule has 0 fully saturated rings. The lowest BCUT2D eigenvalue weighted by molar-refractivity contribution is 0.503. The SMILES string of the molecule is Ic1cnc(NCC2CC=CCC2)nc1. The number of hydrogen-bond donors (Lipinski definition) is 1. The second-order valence-electron chi connectivity index (χ2n) is 3.76. The molecule has 0 bridgehead atoms. The predicted molar refractivity (Wildman–Crippen MR) is 69.7 cm³/mol. The van der Waals surface area contributed by atoms with E-state index in [9.17, 15) is 0 Å². The highest BCUT2D eigenvalue weighted by atomic mass is 127. The second kappa shape index (κ2) is 5.44. The van der Waals surface area contributed by atoms with Gasteiger partial charge in [0.2, 0.25) is 5.95 Å². The Labute approximate surface area is 104 Å². The van der Waals surface area contributed by atoms with Crippen LogP contribution in [-0.4, -0.2) is 16.5 Å². The second-order valence-corrected chi connectivity index (χ2v) is 5.00. The number of nitrogens with zero attached hydrogens (tertiary/aromatic N) is 2. The lowest BCUT2D eigenvalue weighted by atomic mass is 9.94. The molecule has 1 aromatic heterocycles. The molecule has 0 aliphatic heterocycles. The molecule has 4 heteroatoms. The van der Waals surface area contributed by atoms with Crippen LogP contribution in [0.3, 0.4) is 0 Å². The van der Waals surface area contributed by atoms with Crippen molar-refractivity contribution in [3.63, 3.8) is 0 Å². The van der Waals surface area contributed by atoms with Crippen LogP contribution in [0.1, 0.15) is 19.3 Å². The number of rotatable bonds is 3. The summed E-state index contributed by atoms with van der Waals surface area (Å²) in [6, 6.07) is 0. The first-order valence-electron chi connectivity index (χ1n) is 5.21. The Morgan fingerprint density at radius 2 is 2.13 bits per heavy atom. The van der Waals surface area contributed by atoms with E-state index in [1.54, 1.807) is 0 Å². The highest BCUT2D eigenvalue weighted by Crippen LogP contribution is 2.18. The fourth-order valence-corrected chi connectivity index (χ4v) is 1.96. The summed E-state index contributed by atoms with van der Waals surface area (Å²) < 4.78 is 1.07. The number of anilines is 1. The van der Waals surface area contributed by atoms with Crippen molar-refractivity contribution < 1.29 is 0 Å². The summed E-state index contributed by atoms with van der Waals surface area (Å²) >= 11 is 2.21. The Balaban J connectivity index is 1.82. The molecular formula is C11H14IN3. The van der Waals surface area contributed by atoms with Crippen molar-refractivity contribution in [3.05, 3.63) is 28.1 Å². The summed E-state index contributed by atoms with van der Waals surface area (Å²) in [7, 11) is 0. The van der Waals surface area contributed by atoms with Gasteiger partial charge in [0.05, 0.1) is 0 Å². The predicted octanol–water partition coefficient (Wildman–Crippen LogP) is 2.85. The highest BCUT2D eigenvalue weighted by molar-refractivity contribution is 14.1. The van der Waals surface area contributed by atoms with Gasteiger partial charge in [-0.2, -0.15) is 0 Å². The third-order valence-electron chi connectivity index (χ3n) is 2.55. The van der Waals surface area contributed by atoms with Crippen LogP contribution in [0.2, 0.25) is 0 Å². The van der Waals surface area contributed by atoms with Gasteiger partial charge in [0, 0.05) is 22.5 Å². The van der Waals surface area contributed by atoms with Crippen LogP contribution < -0.4 is 5.32 Å². The molecule has 0 radical (unpaired) electrons. The van der Waals surface area contributed by atoms with Crippen LogP contribution in [-0.2, 0) is 0 Å². The molecule has 0 amide bonds. The van der Waals surface area contributed by atoms with Gasteiger partial charge >= 0.3 is 0 Å². The summed E-state index contributed by atoms with van der Waals surface area (Å²) in [6.45, 7) is 0.977. The maximum atomic E-state index is 4.21. The molecule has 1 unspecified atom stereocenters. The summed E-state index contributed by atoms with van der Waals surface area (Å²) in [6.07, 6.45) is 11.8. The molecule has 0 saturated carbocycles. The molecule has 1 N–H and O–H groups in total. The van der Waals surface area contributed by atoms with Crippen LogP contribution in [0.5, 0.6) is 0 Å². The van der Waals surface area contributed by atoms with E-state index < -0.39 is 0 Å². The number of halogens is 1. The Kier molecular flexibility index (Phi) is 3.94. The number of aromatic nitrogens is 2. The normalized spacial score (nSPS) is 20.2. The molecule has 0 aromatic carbocycles. The summed E-state index contributed by atoms with van der Waals surface area (Å²) in [4.78, 5) is 8.43. The third kappa shape index (κ3) is 3.44. The molecule has 0 saturated heterocycles. The molecule has 2 rings (SSSR count). The molecule has 0 spiro atoms. The van der Waals surface area contributed by atoms with Gasteiger partial charge in [-0.3, -0.25) is 0 Å². The molecule has 1 atom stereocenters. The maximum absolute atomic E-state index is 4.21. The summed E-state index contributed by atoms with van der Waals surface area (Å²) in [5, 5.41) is 3.28. The minimum Gasteiger partial charge on any atom is -0.354 e. The first kappa shape index (κ1) is 10.9. The number of hydrogen-bond acceptors (Lipinski definition) is 3. The van der Waals surface area contributed by atoms with E-state index in [4.69, 9.17) is 0 Å². The van der Waals surface area contributed by atoms with Gasteiger partial charge < -0.3 is 5.32 Å². The van der Waals surface area contributed by atoms with Crippen molar-refractivity contribution in [1.82, 2.24) is 9.97 Å². The van der Waals surface area contributed by atoms with Gasteiger partial charge in [-0.05, 0) is 47.8 Å². The van der Waals surface area contributed by atoms with Gasteiger partial charge in [-0.1, -0.05) is 12.2 Å².